The number of benzene rings is 1. The molecule has 1 fully saturated rings. The Morgan fingerprint density at radius 3 is 3.11 bits per heavy atom. The molecule has 0 amide bonds. The minimum absolute atomic E-state index is 0.230. The van der Waals surface area contributed by atoms with Crippen molar-refractivity contribution in [1.29, 1.82) is 0 Å². The van der Waals surface area contributed by atoms with Gasteiger partial charge in [0.05, 0.1) is 11.0 Å². The number of hydrogen-bond donors (Lipinski definition) is 2. The molecule has 0 aromatic heterocycles. The maximum atomic E-state index is 13.4. The van der Waals surface area contributed by atoms with E-state index in [1.54, 1.807) is 18.2 Å². The molecular formula is C13H15BrFN3. The molecule has 2 rings (SSSR count). The van der Waals surface area contributed by atoms with Crippen molar-refractivity contribution in [3.05, 3.63) is 46.7 Å². The summed E-state index contributed by atoms with van der Waals surface area (Å²) in [7, 11) is 0. The molecule has 3 nitrogen and oxygen atoms in total. The summed E-state index contributed by atoms with van der Waals surface area (Å²) in [6, 6.07) is 5.47. The summed E-state index contributed by atoms with van der Waals surface area (Å²) in [4.78, 5) is 4.07. The van der Waals surface area contributed by atoms with Crippen LogP contribution >= 0.6 is 15.9 Å². The number of hydrogen-bond acceptors (Lipinski definition) is 1. The van der Waals surface area contributed by atoms with Crippen LogP contribution < -0.4 is 11.1 Å². The van der Waals surface area contributed by atoms with Gasteiger partial charge in [-0.2, -0.15) is 0 Å². The number of nitrogens with zero attached hydrogens (tertiary/aromatic N) is 1. The first kappa shape index (κ1) is 13.1. The van der Waals surface area contributed by atoms with Gasteiger partial charge in [-0.25, -0.2) is 9.38 Å². The molecule has 1 aliphatic carbocycles. The summed E-state index contributed by atoms with van der Waals surface area (Å²) >= 11 is 3.14. The highest BCUT2D eigenvalue weighted by molar-refractivity contribution is 9.10. The molecule has 18 heavy (non-hydrogen) atoms. The lowest BCUT2D eigenvalue weighted by Gasteiger charge is -2.05. The van der Waals surface area contributed by atoms with Gasteiger partial charge in [0.1, 0.15) is 5.82 Å². The molecule has 0 bridgehead atoms. The lowest BCUT2D eigenvalue weighted by atomic mass is 10.1. The highest BCUT2D eigenvalue weighted by atomic mass is 79.9. The minimum Gasteiger partial charge on any atom is -0.370 e. The Labute approximate surface area is 114 Å². The Bertz CT molecular complexity index is 487. The van der Waals surface area contributed by atoms with Crippen molar-refractivity contribution in [1.82, 2.24) is 5.32 Å². The Hall–Kier alpha value is -1.36. The smallest absolute Gasteiger partial charge is 0.189 e. The average molecular weight is 312 g/mol. The predicted octanol–water partition coefficient (Wildman–Crippen LogP) is 2.53. The summed E-state index contributed by atoms with van der Waals surface area (Å²) in [5.41, 5.74) is 6.70. The third-order valence-electron chi connectivity index (χ3n) is 2.89. The van der Waals surface area contributed by atoms with Gasteiger partial charge in [-0.3, -0.25) is 0 Å². The molecule has 0 unspecified atom stereocenters. The highest BCUT2D eigenvalue weighted by Gasteiger charge is 2.39. The highest BCUT2D eigenvalue weighted by Crippen LogP contribution is 2.41. The fraction of sp³-hybridized carbons (Fsp3) is 0.308. The maximum Gasteiger partial charge on any atom is 0.189 e. The van der Waals surface area contributed by atoms with Gasteiger partial charge in [-0.15, -0.1) is 6.58 Å². The minimum atomic E-state index is -0.230. The number of guanidine groups is 1. The van der Waals surface area contributed by atoms with E-state index in [0.29, 0.717) is 22.9 Å². The summed E-state index contributed by atoms with van der Waals surface area (Å²) < 4.78 is 13.9. The number of halogens is 2. The largest absolute Gasteiger partial charge is 0.370 e. The molecule has 0 saturated heterocycles. The first-order chi connectivity index (χ1) is 8.61. The lowest BCUT2D eigenvalue weighted by molar-refractivity contribution is 0.618. The van der Waals surface area contributed by atoms with Gasteiger partial charge >= 0.3 is 0 Å². The third kappa shape index (κ3) is 3.10. The van der Waals surface area contributed by atoms with Crippen LogP contribution in [0.4, 0.5) is 4.39 Å². The predicted molar refractivity (Wildman–Crippen MR) is 75.1 cm³/mol. The second-order valence-electron chi connectivity index (χ2n) is 4.28. The molecule has 1 aromatic rings. The van der Waals surface area contributed by atoms with Gasteiger partial charge in [-0.1, -0.05) is 12.1 Å². The van der Waals surface area contributed by atoms with E-state index in [1.807, 2.05) is 6.07 Å². The molecule has 1 saturated carbocycles. The molecule has 0 radical (unpaired) electrons. The van der Waals surface area contributed by atoms with Gasteiger partial charge in [-0.05, 0) is 40.0 Å². The van der Waals surface area contributed by atoms with E-state index < -0.39 is 0 Å². The summed E-state index contributed by atoms with van der Waals surface area (Å²) in [5.74, 6) is 0.497. The molecule has 0 spiro atoms. The molecule has 1 aromatic carbocycles. The second-order valence-corrected chi connectivity index (χ2v) is 5.14. The van der Waals surface area contributed by atoms with Gasteiger partial charge in [0.2, 0.25) is 0 Å². The third-order valence-corrected chi connectivity index (χ3v) is 3.53. The van der Waals surface area contributed by atoms with Crippen LogP contribution in [0.3, 0.4) is 0 Å². The van der Waals surface area contributed by atoms with Crippen LogP contribution in [0.1, 0.15) is 17.9 Å². The van der Waals surface area contributed by atoms with Crippen LogP contribution in [0, 0.1) is 5.82 Å². The summed E-state index contributed by atoms with van der Waals surface area (Å²) in [6.45, 7) is 4.07. The van der Waals surface area contributed by atoms with Crippen molar-refractivity contribution in [2.45, 2.75) is 18.4 Å². The molecule has 0 aliphatic heterocycles. The Kier molecular flexibility index (Phi) is 4.01. The first-order valence-electron chi connectivity index (χ1n) is 5.74. The van der Waals surface area contributed by atoms with Gasteiger partial charge in [0.25, 0.3) is 0 Å². The SMILES string of the molecule is C=CCN=C(N)N[C@@H]1C[C@H]1c1ccc(Br)c(F)c1. The van der Waals surface area contributed by atoms with E-state index in [2.05, 4.69) is 32.8 Å². The Morgan fingerprint density at radius 2 is 2.44 bits per heavy atom. The first-order valence-corrected chi connectivity index (χ1v) is 6.53. The van der Waals surface area contributed by atoms with Crippen molar-refractivity contribution >= 4 is 21.9 Å². The molecule has 96 valence electrons. The zero-order valence-corrected chi connectivity index (χ0v) is 11.5. The number of rotatable bonds is 4. The Morgan fingerprint density at radius 1 is 1.67 bits per heavy atom. The average Bonchev–Trinajstić information content (AvgIpc) is 3.09. The van der Waals surface area contributed by atoms with E-state index in [1.165, 1.54) is 0 Å². The fourth-order valence-electron chi connectivity index (χ4n) is 1.86. The van der Waals surface area contributed by atoms with Crippen molar-refractivity contribution < 1.29 is 4.39 Å². The van der Waals surface area contributed by atoms with Crippen molar-refractivity contribution in [2.24, 2.45) is 10.7 Å². The number of nitrogens with two attached hydrogens (primary N) is 1. The zero-order chi connectivity index (χ0) is 13.1. The molecule has 5 heteroatoms. The molecule has 0 heterocycles. The summed E-state index contributed by atoms with van der Waals surface area (Å²) in [6.07, 6.45) is 2.63. The van der Waals surface area contributed by atoms with Gasteiger partial charge in [0.15, 0.2) is 5.96 Å². The van der Waals surface area contributed by atoms with Crippen LogP contribution in [0.2, 0.25) is 0 Å². The number of nitrogens with one attached hydrogen (secondary N) is 1. The lowest BCUT2D eigenvalue weighted by Crippen LogP contribution is -2.34. The molecule has 3 N–H and O–H groups in total. The van der Waals surface area contributed by atoms with E-state index >= 15 is 0 Å². The van der Waals surface area contributed by atoms with Gasteiger partial charge in [0, 0.05) is 12.0 Å². The maximum absolute atomic E-state index is 13.4. The van der Waals surface area contributed by atoms with E-state index in [4.69, 9.17) is 5.73 Å². The standard InChI is InChI=1S/C13H15BrFN3/c1-2-5-17-13(16)18-12-7-9(12)8-3-4-10(14)11(15)6-8/h2-4,6,9,12H,1,5,7H2,(H3,16,17,18)/t9-,12+/m0/s1. The molecule has 1 aliphatic rings. The molecular weight excluding hydrogens is 297 g/mol. The van der Waals surface area contributed by atoms with Crippen LogP contribution in [-0.2, 0) is 0 Å². The van der Waals surface area contributed by atoms with Crippen molar-refractivity contribution in [3.63, 3.8) is 0 Å². The van der Waals surface area contributed by atoms with Crippen molar-refractivity contribution in [2.75, 3.05) is 6.54 Å². The van der Waals surface area contributed by atoms with E-state index in [-0.39, 0.29) is 11.9 Å². The molecule has 2 atom stereocenters. The normalized spacial score (nSPS) is 22.7. The zero-order valence-electron chi connectivity index (χ0n) is 9.87. The van der Waals surface area contributed by atoms with E-state index in [0.717, 1.165) is 12.0 Å². The summed E-state index contributed by atoms with van der Waals surface area (Å²) in [5, 5.41) is 3.12. The topological polar surface area (TPSA) is 50.4 Å². The van der Waals surface area contributed by atoms with Crippen LogP contribution in [0.15, 0.2) is 40.3 Å². The number of aliphatic imine (C=N–C) groups is 1. The fourth-order valence-corrected chi connectivity index (χ4v) is 2.11. The van der Waals surface area contributed by atoms with Crippen LogP contribution in [-0.4, -0.2) is 18.5 Å². The van der Waals surface area contributed by atoms with Crippen LogP contribution in [0.25, 0.3) is 0 Å². The van der Waals surface area contributed by atoms with Gasteiger partial charge < -0.3 is 11.1 Å². The van der Waals surface area contributed by atoms with Crippen LogP contribution in [0.5, 0.6) is 0 Å². The van der Waals surface area contributed by atoms with Crippen molar-refractivity contribution in [3.8, 4) is 0 Å². The monoisotopic (exact) mass is 311 g/mol. The van der Waals surface area contributed by atoms with E-state index in [9.17, 15) is 4.39 Å². The Balaban J connectivity index is 1.94. The quantitative estimate of drug-likeness (QED) is 0.510. The second kappa shape index (κ2) is 5.52.